The van der Waals surface area contributed by atoms with Crippen molar-refractivity contribution in [1.82, 2.24) is 14.8 Å². The molecule has 0 radical (unpaired) electrons. The topological polar surface area (TPSA) is 85.9 Å². The number of nitrogens with one attached hydrogen (secondary N) is 1. The first kappa shape index (κ1) is 12.4. The number of benzene rings is 1. The fourth-order valence-electron chi connectivity index (χ4n) is 1.38. The van der Waals surface area contributed by atoms with Gasteiger partial charge in [-0.1, -0.05) is 0 Å². The maximum absolute atomic E-state index is 10.8. The molecule has 0 atom stereocenters. The Morgan fingerprint density at radius 2 is 2.22 bits per heavy atom. The van der Waals surface area contributed by atoms with Crippen LogP contribution in [-0.4, -0.2) is 26.7 Å². The highest BCUT2D eigenvalue weighted by Crippen LogP contribution is 2.31. The summed E-state index contributed by atoms with van der Waals surface area (Å²) >= 11 is 1.33. The predicted molar refractivity (Wildman–Crippen MR) is 67.8 cm³/mol. The summed E-state index contributed by atoms with van der Waals surface area (Å²) < 4.78 is 1.61. The summed E-state index contributed by atoms with van der Waals surface area (Å²) in [4.78, 5) is 15.2. The molecular weight excluding hydrogens is 254 g/mol. The summed E-state index contributed by atoms with van der Waals surface area (Å²) in [5.41, 5.74) is 0.736. The van der Waals surface area contributed by atoms with Crippen LogP contribution < -0.4 is 5.32 Å². The molecule has 2 rings (SSSR count). The van der Waals surface area contributed by atoms with Crippen LogP contribution in [0.2, 0.25) is 0 Å². The number of rotatable bonds is 4. The number of nitrogens with zero attached hydrogens (tertiary/aromatic N) is 4. The van der Waals surface area contributed by atoms with E-state index in [0.29, 0.717) is 10.8 Å². The molecule has 0 aliphatic carbocycles. The average molecular weight is 265 g/mol. The zero-order valence-electron chi connectivity index (χ0n) is 9.82. The molecule has 2 aromatic rings. The third kappa shape index (κ3) is 2.59. The molecule has 8 heteroatoms. The molecule has 1 aromatic carbocycles. The van der Waals surface area contributed by atoms with Gasteiger partial charge in [0.05, 0.1) is 4.92 Å². The zero-order chi connectivity index (χ0) is 13.1. The van der Waals surface area contributed by atoms with Crippen molar-refractivity contribution in [3.8, 4) is 0 Å². The molecule has 0 bridgehead atoms. The highest BCUT2D eigenvalue weighted by atomic mass is 32.2. The van der Waals surface area contributed by atoms with Crippen LogP contribution in [0.15, 0.2) is 34.6 Å². The van der Waals surface area contributed by atoms with Gasteiger partial charge in [-0.2, -0.15) is 5.10 Å². The van der Waals surface area contributed by atoms with Crippen LogP contribution in [-0.2, 0) is 7.05 Å². The molecule has 1 N–H and O–H groups in total. The number of hydrogen-bond donors (Lipinski definition) is 1. The van der Waals surface area contributed by atoms with Gasteiger partial charge >= 0.3 is 0 Å². The van der Waals surface area contributed by atoms with Crippen molar-refractivity contribution in [3.63, 3.8) is 0 Å². The van der Waals surface area contributed by atoms with Crippen LogP contribution in [0, 0.1) is 10.1 Å². The summed E-state index contributed by atoms with van der Waals surface area (Å²) in [6.45, 7) is 0. The second-order valence-electron chi connectivity index (χ2n) is 3.49. The van der Waals surface area contributed by atoms with E-state index in [4.69, 9.17) is 0 Å². The third-order valence-electron chi connectivity index (χ3n) is 2.27. The summed E-state index contributed by atoms with van der Waals surface area (Å²) in [5.74, 6) is 0. The molecule has 0 aliphatic heterocycles. The normalized spacial score (nSPS) is 10.3. The maximum Gasteiger partial charge on any atom is 0.272 e. The Balaban J connectivity index is 2.35. The summed E-state index contributed by atoms with van der Waals surface area (Å²) in [6.07, 6.45) is 1.44. The van der Waals surface area contributed by atoms with Crippen LogP contribution in [0.25, 0.3) is 0 Å². The Morgan fingerprint density at radius 3 is 2.78 bits per heavy atom. The van der Waals surface area contributed by atoms with Crippen molar-refractivity contribution in [2.45, 2.75) is 10.1 Å². The first-order valence-electron chi connectivity index (χ1n) is 5.09. The second kappa shape index (κ2) is 5.05. The minimum atomic E-state index is -0.415. The zero-order valence-corrected chi connectivity index (χ0v) is 10.6. The highest BCUT2D eigenvalue weighted by Gasteiger charge is 2.11. The number of hydrogen-bond acceptors (Lipinski definition) is 6. The fourth-order valence-corrected chi connectivity index (χ4v) is 2.23. The molecule has 1 aromatic heterocycles. The first-order valence-corrected chi connectivity index (χ1v) is 5.91. The van der Waals surface area contributed by atoms with Gasteiger partial charge in [0, 0.05) is 36.8 Å². The van der Waals surface area contributed by atoms with Gasteiger partial charge < -0.3 is 5.32 Å². The lowest BCUT2D eigenvalue weighted by Crippen LogP contribution is -1.95. The predicted octanol–water partition coefficient (Wildman–Crippen LogP) is 1.92. The van der Waals surface area contributed by atoms with Crippen LogP contribution >= 0.6 is 11.8 Å². The number of aryl methyl sites for hydroxylation is 1. The molecule has 7 nitrogen and oxygen atoms in total. The lowest BCUT2D eigenvalue weighted by Gasteiger charge is -2.04. The standard InChI is InChI=1S/C10H11N5O2S/c1-11-7-3-8(15(16)17)5-9(4-7)18-10-12-6-13-14(10)2/h3-6,11H,1-2H3. The largest absolute Gasteiger partial charge is 0.388 e. The van der Waals surface area contributed by atoms with Crippen LogP contribution in [0.3, 0.4) is 0 Å². The Kier molecular flexibility index (Phi) is 3.47. The van der Waals surface area contributed by atoms with E-state index >= 15 is 0 Å². The van der Waals surface area contributed by atoms with E-state index in [-0.39, 0.29) is 5.69 Å². The lowest BCUT2D eigenvalue weighted by molar-refractivity contribution is -0.385. The first-order chi connectivity index (χ1) is 8.60. The monoisotopic (exact) mass is 265 g/mol. The maximum atomic E-state index is 10.8. The highest BCUT2D eigenvalue weighted by molar-refractivity contribution is 7.99. The molecule has 0 amide bonds. The molecule has 1 heterocycles. The summed E-state index contributed by atoms with van der Waals surface area (Å²) in [6, 6.07) is 4.83. The van der Waals surface area contributed by atoms with Gasteiger partial charge in [0.1, 0.15) is 6.33 Å². The quantitative estimate of drug-likeness (QED) is 0.671. The molecular formula is C10H11N5O2S. The third-order valence-corrected chi connectivity index (χ3v) is 3.29. The number of anilines is 1. The van der Waals surface area contributed by atoms with Crippen molar-refractivity contribution in [1.29, 1.82) is 0 Å². The SMILES string of the molecule is CNc1cc(Sc2ncnn2C)cc([N+](=O)[O-])c1. The van der Waals surface area contributed by atoms with Gasteiger partial charge in [0.25, 0.3) is 5.69 Å². The lowest BCUT2D eigenvalue weighted by atomic mass is 10.3. The van der Waals surface area contributed by atoms with Crippen LogP contribution in [0.1, 0.15) is 0 Å². The number of nitro benzene ring substituents is 1. The molecule has 0 unspecified atom stereocenters. The van der Waals surface area contributed by atoms with Gasteiger partial charge in [-0.05, 0) is 17.8 Å². The van der Waals surface area contributed by atoms with E-state index < -0.39 is 4.92 Å². The molecule has 18 heavy (non-hydrogen) atoms. The fraction of sp³-hybridized carbons (Fsp3) is 0.200. The van der Waals surface area contributed by atoms with Crippen molar-refractivity contribution < 1.29 is 4.92 Å². The minimum Gasteiger partial charge on any atom is -0.388 e. The summed E-state index contributed by atoms with van der Waals surface area (Å²) in [7, 11) is 3.49. The van der Waals surface area contributed by atoms with Gasteiger partial charge in [-0.25, -0.2) is 9.67 Å². The van der Waals surface area contributed by atoms with E-state index in [2.05, 4.69) is 15.4 Å². The van der Waals surface area contributed by atoms with Crippen molar-refractivity contribution >= 4 is 23.1 Å². The molecule has 94 valence electrons. The number of nitro groups is 1. The Labute approximate surface area is 107 Å². The average Bonchev–Trinajstić information content (AvgIpc) is 2.74. The number of aromatic nitrogens is 3. The van der Waals surface area contributed by atoms with Gasteiger partial charge in [0.15, 0.2) is 5.16 Å². The number of non-ortho nitro benzene ring substituents is 1. The van der Waals surface area contributed by atoms with Crippen LogP contribution in [0.5, 0.6) is 0 Å². The van der Waals surface area contributed by atoms with E-state index in [1.54, 1.807) is 18.8 Å². The Bertz CT molecular complexity index is 583. The van der Waals surface area contributed by atoms with Gasteiger partial charge in [0.2, 0.25) is 0 Å². The minimum absolute atomic E-state index is 0.0477. The molecule has 0 saturated heterocycles. The van der Waals surface area contributed by atoms with E-state index in [1.807, 2.05) is 6.07 Å². The molecule has 0 fully saturated rings. The van der Waals surface area contributed by atoms with Crippen molar-refractivity contribution in [2.75, 3.05) is 12.4 Å². The molecule has 0 aliphatic rings. The van der Waals surface area contributed by atoms with Gasteiger partial charge in [-0.15, -0.1) is 0 Å². The van der Waals surface area contributed by atoms with E-state index in [0.717, 1.165) is 4.90 Å². The summed E-state index contributed by atoms with van der Waals surface area (Å²) in [5, 5.41) is 18.3. The van der Waals surface area contributed by atoms with Gasteiger partial charge in [-0.3, -0.25) is 10.1 Å². The smallest absolute Gasteiger partial charge is 0.272 e. The van der Waals surface area contributed by atoms with E-state index in [9.17, 15) is 10.1 Å². The van der Waals surface area contributed by atoms with Crippen molar-refractivity contribution in [2.24, 2.45) is 7.05 Å². The molecule has 0 spiro atoms. The molecule has 0 saturated carbocycles. The second-order valence-corrected chi connectivity index (χ2v) is 4.53. The van der Waals surface area contributed by atoms with Crippen LogP contribution in [0.4, 0.5) is 11.4 Å². The Hall–Kier alpha value is -2.09. The Morgan fingerprint density at radius 1 is 1.44 bits per heavy atom. The van der Waals surface area contributed by atoms with E-state index in [1.165, 1.54) is 30.2 Å². The van der Waals surface area contributed by atoms with Crippen molar-refractivity contribution in [3.05, 3.63) is 34.6 Å².